The van der Waals surface area contributed by atoms with Crippen LogP contribution in [0.3, 0.4) is 0 Å². The van der Waals surface area contributed by atoms with E-state index in [9.17, 15) is 4.79 Å². The fourth-order valence-corrected chi connectivity index (χ4v) is 1.11. The van der Waals surface area contributed by atoms with Crippen molar-refractivity contribution >= 4 is 5.91 Å². The average Bonchev–Trinajstić information content (AvgIpc) is 2.30. The molecule has 1 N–H and O–H groups in total. The lowest BCUT2D eigenvalue weighted by Gasteiger charge is -1.97. The van der Waals surface area contributed by atoms with Crippen LogP contribution in [0.2, 0.25) is 0 Å². The number of nitrogens with one attached hydrogen (secondary N) is 1. The van der Waals surface area contributed by atoms with E-state index in [1.54, 1.807) is 30.6 Å². The summed E-state index contributed by atoms with van der Waals surface area (Å²) in [6, 6.07) is 5.27. The molecule has 1 aromatic heterocycles. The highest BCUT2D eigenvalue weighted by Crippen LogP contribution is 1.95. The van der Waals surface area contributed by atoms with Crippen molar-refractivity contribution in [3.63, 3.8) is 0 Å². The molecule has 3 nitrogen and oxygen atoms in total. The summed E-state index contributed by atoms with van der Waals surface area (Å²) in [6.07, 6.45) is 8.57. The van der Waals surface area contributed by atoms with Gasteiger partial charge in [-0.15, -0.1) is 0 Å². The Morgan fingerprint density at radius 2 is 2.40 bits per heavy atom. The molecule has 0 aliphatic heterocycles. The number of pyridine rings is 1. The summed E-state index contributed by atoms with van der Waals surface area (Å²) >= 11 is 0. The number of allylic oxidation sites excluding steroid dienone is 1. The molecule has 0 aliphatic carbocycles. The maximum Gasteiger partial charge on any atom is 0.273 e. The second-order valence-electron chi connectivity index (χ2n) is 3.23. The predicted octanol–water partition coefficient (Wildman–Crippen LogP) is 2.52. The Kier molecular flexibility index (Phi) is 5.15. The minimum atomic E-state index is -0.164. The maximum absolute atomic E-state index is 11.5. The van der Waals surface area contributed by atoms with Gasteiger partial charge in [0.2, 0.25) is 0 Å². The van der Waals surface area contributed by atoms with Crippen LogP contribution in [-0.4, -0.2) is 10.9 Å². The monoisotopic (exact) mass is 204 g/mol. The average molecular weight is 204 g/mol. The smallest absolute Gasteiger partial charge is 0.273 e. The van der Waals surface area contributed by atoms with Crippen LogP contribution in [0.5, 0.6) is 0 Å². The van der Waals surface area contributed by atoms with Crippen LogP contribution in [0.4, 0.5) is 0 Å². The van der Waals surface area contributed by atoms with Crippen molar-refractivity contribution in [2.45, 2.75) is 26.2 Å². The Morgan fingerprint density at radius 3 is 3.07 bits per heavy atom. The van der Waals surface area contributed by atoms with Gasteiger partial charge in [0.05, 0.1) is 0 Å². The van der Waals surface area contributed by atoms with Gasteiger partial charge < -0.3 is 5.32 Å². The van der Waals surface area contributed by atoms with Crippen molar-refractivity contribution in [2.75, 3.05) is 0 Å². The van der Waals surface area contributed by atoms with Crippen LogP contribution in [0.15, 0.2) is 36.7 Å². The van der Waals surface area contributed by atoms with Crippen LogP contribution in [0.25, 0.3) is 0 Å². The maximum atomic E-state index is 11.5. The number of nitrogens with zero attached hydrogens (tertiary/aromatic N) is 1. The Bertz CT molecular complexity index is 320. The molecule has 1 heterocycles. The van der Waals surface area contributed by atoms with Crippen molar-refractivity contribution in [2.24, 2.45) is 0 Å². The molecule has 0 aromatic carbocycles. The SMILES string of the molecule is CCCCC=CNC(=O)c1ccccn1. The summed E-state index contributed by atoms with van der Waals surface area (Å²) in [7, 11) is 0. The van der Waals surface area contributed by atoms with E-state index in [0.29, 0.717) is 5.69 Å². The van der Waals surface area contributed by atoms with Crippen LogP contribution >= 0.6 is 0 Å². The molecule has 80 valence electrons. The van der Waals surface area contributed by atoms with E-state index in [2.05, 4.69) is 17.2 Å². The number of carbonyl (C=O) groups is 1. The molecule has 0 saturated carbocycles. The normalized spacial score (nSPS) is 10.5. The van der Waals surface area contributed by atoms with Gasteiger partial charge in [-0.25, -0.2) is 0 Å². The van der Waals surface area contributed by atoms with Crippen molar-refractivity contribution in [3.05, 3.63) is 42.4 Å². The van der Waals surface area contributed by atoms with Gasteiger partial charge in [0, 0.05) is 12.4 Å². The second-order valence-corrected chi connectivity index (χ2v) is 3.23. The number of aromatic nitrogens is 1. The van der Waals surface area contributed by atoms with Gasteiger partial charge in [-0.1, -0.05) is 31.9 Å². The van der Waals surface area contributed by atoms with Gasteiger partial charge in [-0.3, -0.25) is 9.78 Å². The van der Waals surface area contributed by atoms with Crippen LogP contribution < -0.4 is 5.32 Å². The van der Waals surface area contributed by atoms with Gasteiger partial charge in [-0.2, -0.15) is 0 Å². The van der Waals surface area contributed by atoms with Crippen molar-refractivity contribution in [3.8, 4) is 0 Å². The summed E-state index contributed by atoms with van der Waals surface area (Å²) in [4.78, 5) is 15.4. The first-order valence-electron chi connectivity index (χ1n) is 5.21. The van der Waals surface area contributed by atoms with E-state index in [-0.39, 0.29) is 5.91 Å². The summed E-state index contributed by atoms with van der Waals surface area (Å²) in [5.74, 6) is -0.164. The number of carbonyl (C=O) groups excluding carboxylic acids is 1. The summed E-state index contributed by atoms with van der Waals surface area (Å²) < 4.78 is 0. The molecule has 0 radical (unpaired) electrons. The second kappa shape index (κ2) is 6.76. The molecule has 0 spiro atoms. The topological polar surface area (TPSA) is 42.0 Å². The van der Waals surface area contributed by atoms with E-state index in [1.165, 1.54) is 6.42 Å². The van der Waals surface area contributed by atoms with Gasteiger partial charge in [0.15, 0.2) is 0 Å². The molecule has 0 saturated heterocycles. The first-order valence-corrected chi connectivity index (χ1v) is 5.21. The molecule has 0 aliphatic rings. The number of hydrogen-bond acceptors (Lipinski definition) is 2. The molecule has 1 rings (SSSR count). The van der Waals surface area contributed by atoms with E-state index >= 15 is 0 Å². The molecule has 0 unspecified atom stereocenters. The molecular formula is C12H16N2O. The fraction of sp³-hybridized carbons (Fsp3) is 0.333. The summed E-state index contributed by atoms with van der Waals surface area (Å²) in [6.45, 7) is 2.14. The molecule has 3 heteroatoms. The molecule has 1 amide bonds. The quantitative estimate of drug-likeness (QED) is 0.749. The molecule has 0 fully saturated rings. The van der Waals surface area contributed by atoms with Crippen LogP contribution in [0.1, 0.15) is 36.7 Å². The summed E-state index contributed by atoms with van der Waals surface area (Å²) in [5, 5.41) is 2.68. The third-order valence-corrected chi connectivity index (χ3v) is 1.95. The van der Waals surface area contributed by atoms with E-state index < -0.39 is 0 Å². The van der Waals surface area contributed by atoms with E-state index in [4.69, 9.17) is 0 Å². The van der Waals surface area contributed by atoms with Gasteiger partial charge in [-0.05, 0) is 18.6 Å². The Hall–Kier alpha value is -1.64. The largest absolute Gasteiger partial charge is 0.328 e. The van der Waals surface area contributed by atoms with Crippen LogP contribution in [0, 0.1) is 0 Å². The standard InChI is InChI=1S/C12H16N2O/c1-2-3-4-6-10-14-12(15)11-8-5-7-9-13-11/h5-10H,2-4H2,1H3,(H,14,15). The van der Waals surface area contributed by atoms with Crippen molar-refractivity contribution in [1.29, 1.82) is 0 Å². The van der Waals surface area contributed by atoms with E-state index in [0.717, 1.165) is 12.8 Å². The van der Waals surface area contributed by atoms with Gasteiger partial charge in [0.25, 0.3) is 5.91 Å². The minimum absolute atomic E-state index is 0.164. The lowest BCUT2D eigenvalue weighted by Crippen LogP contribution is -2.18. The molecule has 15 heavy (non-hydrogen) atoms. The molecule has 0 bridgehead atoms. The molecular weight excluding hydrogens is 188 g/mol. The lowest BCUT2D eigenvalue weighted by molar-refractivity contribution is 0.0965. The van der Waals surface area contributed by atoms with Crippen LogP contribution in [-0.2, 0) is 0 Å². The zero-order valence-electron chi connectivity index (χ0n) is 8.94. The molecule has 1 aromatic rings. The predicted molar refractivity (Wildman–Crippen MR) is 60.4 cm³/mol. The highest BCUT2D eigenvalue weighted by molar-refractivity contribution is 5.92. The summed E-state index contributed by atoms with van der Waals surface area (Å²) in [5.41, 5.74) is 0.442. The third kappa shape index (κ3) is 4.40. The Balaban J connectivity index is 2.34. The lowest BCUT2D eigenvalue weighted by atomic mass is 10.2. The number of hydrogen-bond donors (Lipinski definition) is 1. The zero-order chi connectivity index (χ0) is 10.9. The highest BCUT2D eigenvalue weighted by atomic mass is 16.1. The van der Waals surface area contributed by atoms with E-state index in [1.807, 2.05) is 6.08 Å². The first-order chi connectivity index (χ1) is 7.34. The minimum Gasteiger partial charge on any atom is -0.328 e. The number of amides is 1. The number of rotatable bonds is 5. The first kappa shape index (κ1) is 11.4. The van der Waals surface area contributed by atoms with Gasteiger partial charge >= 0.3 is 0 Å². The third-order valence-electron chi connectivity index (χ3n) is 1.95. The number of unbranched alkanes of at least 4 members (excludes halogenated alkanes) is 2. The Labute approximate surface area is 90.2 Å². The van der Waals surface area contributed by atoms with Gasteiger partial charge in [0.1, 0.15) is 5.69 Å². The Morgan fingerprint density at radius 1 is 1.53 bits per heavy atom. The zero-order valence-corrected chi connectivity index (χ0v) is 8.94. The van der Waals surface area contributed by atoms with Crippen molar-refractivity contribution in [1.82, 2.24) is 10.3 Å². The van der Waals surface area contributed by atoms with Crippen molar-refractivity contribution < 1.29 is 4.79 Å². The highest BCUT2D eigenvalue weighted by Gasteiger charge is 2.01. The molecule has 0 atom stereocenters. The fourth-order valence-electron chi connectivity index (χ4n) is 1.11.